The lowest BCUT2D eigenvalue weighted by molar-refractivity contribution is 0.159. The van der Waals surface area contributed by atoms with Crippen molar-refractivity contribution in [2.45, 2.75) is 85.2 Å². The first-order valence-electron chi connectivity index (χ1n) is 12.2. The van der Waals surface area contributed by atoms with E-state index in [0.29, 0.717) is 0 Å². The highest BCUT2D eigenvalue weighted by atomic mass is 31.2. The summed E-state index contributed by atoms with van der Waals surface area (Å²) in [6.07, 6.45) is 4.49. The Morgan fingerprint density at radius 1 is 0.875 bits per heavy atom. The van der Waals surface area contributed by atoms with Gasteiger partial charge in [0.1, 0.15) is 0 Å². The summed E-state index contributed by atoms with van der Waals surface area (Å²) in [4.78, 5) is 0. The van der Waals surface area contributed by atoms with Crippen molar-refractivity contribution < 1.29 is 9.67 Å². The average Bonchev–Trinajstić information content (AvgIpc) is 2.94. The Hall–Kier alpha value is -1.19. The van der Waals surface area contributed by atoms with E-state index >= 15 is 4.57 Å². The molecule has 5 heteroatoms. The van der Waals surface area contributed by atoms with E-state index in [9.17, 15) is 5.11 Å². The van der Waals surface area contributed by atoms with Gasteiger partial charge in [-0.1, -0.05) is 90.8 Å². The van der Waals surface area contributed by atoms with Gasteiger partial charge in [0.25, 0.3) is 0 Å². The van der Waals surface area contributed by atoms with Crippen LogP contribution in [0.25, 0.3) is 10.8 Å². The normalized spacial score (nSPS) is 25.7. The summed E-state index contributed by atoms with van der Waals surface area (Å²) in [5.74, 6) is -1.01. The van der Waals surface area contributed by atoms with Gasteiger partial charge in [0, 0.05) is 25.2 Å². The third kappa shape index (κ3) is 4.57. The lowest BCUT2D eigenvalue weighted by Gasteiger charge is -2.40. The molecule has 2 fully saturated rings. The number of aliphatic hydroxyl groups is 1. The van der Waals surface area contributed by atoms with Crippen LogP contribution in [0.4, 0.5) is 0 Å². The molecule has 4 nitrogen and oxygen atoms in total. The Bertz CT molecular complexity index is 971. The van der Waals surface area contributed by atoms with Gasteiger partial charge in [-0.05, 0) is 46.1 Å². The van der Waals surface area contributed by atoms with Gasteiger partial charge in [0.15, 0.2) is 5.85 Å². The highest BCUT2D eigenvalue weighted by Gasteiger charge is 2.59. The Labute approximate surface area is 194 Å². The molecule has 0 bridgehead atoms. The van der Waals surface area contributed by atoms with E-state index in [1.54, 1.807) is 0 Å². The van der Waals surface area contributed by atoms with E-state index in [4.69, 9.17) is 0 Å². The standard InChI is InChI=1S/C27H41N2O2P/c1-26(2,3)18-28-23-13-9-10-14-24(23)29(19-27(4,5)6)32(28,31)25(30)22-16-15-20-11-7-8-12-21(20)17-22/h7-8,11-12,15-17,23-25,30H,9-10,13-14,18-19H2,1-6H3/t23-,24-,25?/m1/s1. The van der Waals surface area contributed by atoms with E-state index in [2.05, 4.69) is 63.0 Å². The maximum Gasteiger partial charge on any atom is 0.249 e. The van der Waals surface area contributed by atoms with Crippen molar-refractivity contribution in [2.24, 2.45) is 10.8 Å². The molecule has 0 radical (unpaired) electrons. The minimum atomic E-state index is -3.26. The SMILES string of the molecule is CC(C)(C)CN1[C@@H]2CCCC[C@H]2N(CC(C)(C)C)P1(=O)C(O)c1ccc2ccccc2c1. The fraction of sp³-hybridized carbons (Fsp3) is 0.630. The zero-order valence-electron chi connectivity index (χ0n) is 20.7. The van der Waals surface area contributed by atoms with E-state index in [1.165, 1.54) is 12.8 Å². The molecule has 1 aliphatic carbocycles. The first-order chi connectivity index (χ1) is 14.9. The zero-order valence-corrected chi connectivity index (χ0v) is 21.6. The van der Waals surface area contributed by atoms with Crippen molar-refractivity contribution in [2.75, 3.05) is 13.1 Å². The third-order valence-electron chi connectivity index (χ3n) is 6.86. The molecule has 2 aliphatic rings. The Morgan fingerprint density at radius 2 is 1.38 bits per heavy atom. The Morgan fingerprint density at radius 3 is 1.88 bits per heavy atom. The van der Waals surface area contributed by atoms with Crippen LogP contribution in [0.2, 0.25) is 0 Å². The fourth-order valence-electron chi connectivity index (χ4n) is 5.61. The predicted octanol–water partition coefficient (Wildman–Crippen LogP) is 7.04. The number of aliphatic hydroxyl groups excluding tert-OH is 1. The molecule has 0 amide bonds. The van der Waals surface area contributed by atoms with E-state index < -0.39 is 13.3 Å². The molecule has 1 heterocycles. The molecule has 1 saturated carbocycles. The van der Waals surface area contributed by atoms with Crippen LogP contribution in [-0.2, 0) is 4.57 Å². The summed E-state index contributed by atoms with van der Waals surface area (Å²) in [7, 11) is -3.26. The van der Waals surface area contributed by atoms with Crippen LogP contribution in [0.1, 0.15) is 78.6 Å². The quantitative estimate of drug-likeness (QED) is 0.501. The van der Waals surface area contributed by atoms with Crippen LogP contribution < -0.4 is 0 Å². The molecule has 0 spiro atoms. The monoisotopic (exact) mass is 456 g/mol. The largest absolute Gasteiger partial charge is 0.378 e. The summed E-state index contributed by atoms with van der Waals surface area (Å²) < 4.78 is 19.7. The van der Waals surface area contributed by atoms with E-state index in [-0.39, 0.29) is 22.9 Å². The minimum absolute atomic E-state index is 0.00148. The maximum atomic E-state index is 15.2. The van der Waals surface area contributed by atoms with Gasteiger partial charge in [-0.25, -0.2) is 9.34 Å². The van der Waals surface area contributed by atoms with Crippen LogP contribution in [-0.4, -0.2) is 39.6 Å². The lowest BCUT2D eigenvalue weighted by atomic mass is 9.87. The minimum Gasteiger partial charge on any atom is -0.378 e. The summed E-state index contributed by atoms with van der Waals surface area (Å²) in [6.45, 7) is 14.7. The summed E-state index contributed by atoms with van der Waals surface area (Å²) >= 11 is 0. The molecule has 2 aromatic rings. The van der Waals surface area contributed by atoms with E-state index in [1.807, 2.05) is 30.3 Å². The second-order valence-corrected chi connectivity index (χ2v) is 15.0. The molecule has 1 aliphatic heterocycles. The zero-order chi connectivity index (χ0) is 23.3. The molecular formula is C27H41N2O2P. The molecule has 1 saturated heterocycles. The number of fused-ring (bicyclic) bond motifs is 2. The smallest absolute Gasteiger partial charge is 0.249 e. The summed E-state index contributed by atoms with van der Waals surface area (Å²) in [6, 6.07) is 14.8. The number of hydrogen-bond donors (Lipinski definition) is 1. The Balaban J connectivity index is 1.83. The second-order valence-electron chi connectivity index (χ2n) is 12.3. The molecule has 176 valence electrons. The lowest BCUT2D eigenvalue weighted by Crippen LogP contribution is -2.43. The number of nitrogens with zero attached hydrogens (tertiary/aromatic N) is 2. The van der Waals surface area contributed by atoms with Crippen LogP contribution in [0.3, 0.4) is 0 Å². The van der Waals surface area contributed by atoms with Crippen LogP contribution in [0.15, 0.2) is 42.5 Å². The first-order valence-corrected chi connectivity index (χ1v) is 13.9. The van der Waals surface area contributed by atoms with Gasteiger partial charge < -0.3 is 5.11 Å². The molecule has 0 aromatic heterocycles. The van der Waals surface area contributed by atoms with Crippen molar-refractivity contribution in [1.82, 2.24) is 9.34 Å². The van der Waals surface area contributed by atoms with Gasteiger partial charge in [-0.15, -0.1) is 0 Å². The van der Waals surface area contributed by atoms with Gasteiger partial charge >= 0.3 is 0 Å². The molecular weight excluding hydrogens is 415 g/mol. The predicted molar refractivity (Wildman–Crippen MR) is 135 cm³/mol. The topological polar surface area (TPSA) is 43.8 Å². The van der Waals surface area contributed by atoms with Crippen molar-refractivity contribution in [3.05, 3.63) is 48.0 Å². The first kappa shape index (κ1) is 24.0. The van der Waals surface area contributed by atoms with Crippen molar-refractivity contribution in [3.8, 4) is 0 Å². The summed E-state index contributed by atoms with van der Waals surface area (Å²) in [5.41, 5.74) is 0.764. The van der Waals surface area contributed by atoms with Gasteiger partial charge in [-0.3, -0.25) is 4.57 Å². The van der Waals surface area contributed by atoms with Crippen molar-refractivity contribution >= 4 is 18.2 Å². The molecule has 4 rings (SSSR count). The molecule has 1 unspecified atom stereocenters. The van der Waals surface area contributed by atoms with Gasteiger partial charge in [0.2, 0.25) is 7.44 Å². The fourth-order valence-corrected chi connectivity index (χ4v) is 9.66. The second kappa shape index (κ2) is 8.55. The maximum absolute atomic E-state index is 15.2. The summed E-state index contributed by atoms with van der Waals surface area (Å²) in [5, 5.41) is 14.1. The average molecular weight is 457 g/mol. The van der Waals surface area contributed by atoms with Gasteiger partial charge in [0.05, 0.1) is 0 Å². The number of rotatable bonds is 4. The van der Waals surface area contributed by atoms with Crippen molar-refractivity contribution in [1.29, 1.82) is 0 Å². The van der Waals surface area contributed by atoms with Crippen LogP contribution >= 0.6 is 7.44 Å². The highest BCUT2D eigenvalue weighted by Crippen LogP contribution is 2.71. The molecule has 32 heavy (non-hydrogen) atoms. The van der Waals surface area contributed by atoms with Crippen LogP contribution in [0.5, 0.6) is 0 Å². The molecule has 2 aromatic carbocycles. The van der Waals surface area contributed by atoms with Crippen LogP contribution in [0, 0.1) is 10.8 Å². The number of benzene rings is 2. The van der Waals surface area contributed by atoms with Crippen molar-refractivity contribution in [3.63, 3.8) is 0 Å². The highest BCUT2D eigenvalue weighted by molar-refractivity contribution is 7.59. The van der Waals surface area contributed by atoms with E-state index in [0.717, 1.165) is 42.3 Å². The van der Waals surface area contributed by atoms with Gasteiger partial charge in [-0.2, -0.15) is 0 Å². The number of hydrogen-bond acceptors (Lipinski definition) is 2. The Kier molecular flexibility index (Phi) is 6.40. The molecule has 3 atom stereocenters. The molecule has 1 N–H and O–H groups in total. The third-order valence-corrected chi connectivity index (χ3v) is 10.1.